The largest absolute Gasteiger partial charge is 0.480 e. The second kappa shape index (κ2) is 9.47. The molecule has 0 amide bonds. The van der Waals surface area contributed by atoms with Crippen LogP contribution in [-0.4, -0.2) is 53.4 Å². The molecule has 1 aromatic rings. The normalized spacial score (nSPS) is 12.6. The highest BCUT2D eigenvalue weighted by Gasteiger charge is 2.14. The van der Waals surface area contributed by atoms with E-state index in [4.69, 9.17) is 9.84 Å². The first-order valence-corrected chi connectivity index (χ1v) is 6.85. The molecule has 1 aromatic carbocycles. The molecule has 0 saturated carbocycles. The van der Waals surface area contributed by atoms with E-state index in [1.807, 2.05) is 37.3 Å². The maximum absolute atomic E-state index is 10.7. The molecular weight excluding hydrogens is 258 g/mol. The molecule has 0 saturated heterocycles. The Labute approximate surface area is 119 Å². The first-order chi connectivity index (χ1) is 9.61. The second-order valence-electron chi connectivity index (χ2n) is 4.78. The van der Waals surface area contributed by atoms with Crippen LogP contribution in [0.4, 0.5) is 0 Å². The summed E-state index contributed by atoms with van der Waals surface area (Å²) in [6.07, 6.45) is 0.176. The molecule has 0 spiro atoms. The van der Waals surface area contributed by atoms with Gasteiger partial charge in [-0.05, 0) is 18.5 Å². The van der Waals surface area contributed by atoms with Gasteiger partial charge in [-0.15, -0.1) is 0 Å². The Morgan fingerprint density at radius 3 is 2.65 bits per heavy atom. The van der Waals surface area contributed by atoms with Crippen LogP contribution in [-0.2, 0) is 16.1 Å². The van der Waals surface area contributed by atoms with E-state index in [9.17, 15) is 9.90 Å². The minimum absolute atomic E-state index is 0.0520. The van der Waals surface area contributed by atoms with Gasteiger partial charge in [-0.1, -0.05) is 37.3 Å². The molecular formula is C15H23NO4. The summed E-state index contributed by atoms with van der Waals surface area (Å²) in [7, 11) is 0. The van der Waals surface area contributed by atoms with E-state index in [2.05, 4.69) is 0 Å². The summed E-state index contributed by atoms with van der Waals surface area (Å²) >= 11 is 0. The first kappa shape index (κ1) is 16.6. The standard InChI is InChI=1S/C15H23NO4/c1-2-8-16(10-15(18)19)9-14(17)12-20-11-13-6-4-3-5-7-13/h3-7,14,17H,2,8-12H2,1H3,(H,18,19). The maximum Gasteiger partial charge on any atom is 0.317 e. The Kier molecular flexibility index (Phi) is 7.87. The lowest BCUT2D eigenvalue weighted by Crippen LogP contribution is -2.38. The third-order valence-corrected chi connectivity index (χ3v) is 2.79. The van der Waals surface area contributed by atoms with Crippen LogP contribution in [0.3, 0.4) is 0 Å². The number of rotatable bonds is 10. The fraction of sp³-hybridized carbons (Fsp3) is 0.533. The molecule has 2 N–H and O–H groups in total. The number of carbonyl (C=O) groups is 1. The highest BCUT2D eigenvalue weighted by atomic mass is 16.5. The summed E-state index contributed by atoms with van der Waals surface area (Å²) in [5.41, 5.74) is 1.05. The topological polar surface area (TPSA) is 70.0 Å². The Bertz CT molecular complexity index is 383. The number of benzene rings is 1. The Morgan fingerprint density at radius 2 is 2.05 bits per heavy atom. The van der Waals surface area contributed by atoms with E-state index in [1.165, 1.54) is 0 Å². The molecule has 0 fully saturated rings. The third-order valence-electron chi connectivity index (χ3n) is 2.79. The zero-order chi connectivity index (χ0) is 14.8. The summed E-state index contributed by atoms with van der Waals surface area (Å²) < 4.78 is 5.44. The zero-order valence-corrected chi connectivity index (χ0v) is 11.9. The number of carboxylic acids is 1. The van der Waals surface area contributed by atoms with Crippen LogP contribution in [0.15, 0.2) is 30.3 Å². The molecule has 0 aromatic heterocycles. The number of hydrogen-bond acceptors (Lipinski definition) is 4. The molecule has 0 aliphatic heterocycles. The van der Waals surface area contributed by atoms with Gasteiger partial charge in [0, 0.05) is 6.54 Å². The van der Waals surface area contributed by atoms with Crippen molar-refractivity contribution >= 4 is 5.97 Å². The minimum Gasteiger partial charge on any atom is -0.480 e. The highest BCUT2D eigenvalue weighted by Crippen LogP contribution is 2.02. The molecule has 20 heavy (non-hydrogen) atoms. The molecule has 0 aliphatic rings. The summed E-state index contributed by atoms with van der Waals surface area (Å²) in [6, 6.07) is 9.73. The van der Waals surface area contributed by atoms with Gasteiger partial charge in [0.2, 0.25) is 0 Å². The Balaban J connectivity index is 2.26. The number of carboxylic acid groups (broad SMARTS) is 1. The predicted octanol–water partition coefficient (Wildman–Crippen LogP) is 1.36. The quantitative estimate of drug-likeness (QED) is 0.677. The Morgan fingerprint density at radius 1 is 1.35 bits per heavy atom. The van der Waals surface area contributed by atoms with Crippen molar-refractivity contribution in [3.63, 3.8) is 0 Å². The van der Waals surface area contributed by atoms with E-state index < -0.39 is 12.1 Å². The summed E-state index contributed by atoms with van der Waals surface area (Å²) in [4.78, 5) is 12.4. The summed E-state index contributed by atoms with van der Waals surface area (Å²) in [5, 5.41) is 18.7. The fourth-order valence-electron chi connectivity index (χ4n) is 1.98. The third kappa shape index (κ3) is 7.23. The van der Waals surface area contributed by atoms with Crippen molar-refractivity contribution in [2.75, 3.05) is 26.2 Å². The molecule has 0 heterocycles. The van der Waals surface area contributed by atoms with Crippen molar-refractivity contribution in [1.82, 2.24) is 4.90 Å². The van der Waals surface area contributed by atoms with Crippen molar-refractivity contribution in [3.05, 3.63) is 35.9 Å². The minimum atomic E-state index is -0.879. The Hall–Kier alpha value is -1.43. The number of ether oxygens (including phenoxy) is 1. The number of aliphatic hydroxyl groups excluding tert-OH is 1. The summed E-state index contributed by atoms with van der Waals surface area (Å²) in [6.45, 7) is 3.55. The number of aliphatic carboxylic acids is 1. The molecule has 1 rings (SSSR count). The average molecular weight is 281 g/mol. The van der Waals surface area contributed by atoms with Gasteiger partial charge in [0.15, 0.2) is 0 Å². The maximum atomic E-state index is 10.7. The van der Waals surface area contributed by atoms with Crippen molar-refractivity contribution < 1.29 is 19.7 Å². The molecule has 0 bridgehead atoms. The van der Waals surface area contributed by atoms with E-state index in [0.717, 1.165) is 12.0 Å². The highest BCUT2D eigenvalue weighted by molar-refractivity contribution is 5.69. The van der Waals surface area contributed by atoms with Crippen molar-refractivity contribution in [2.24, 2.45) is 0 Å². The smallest absolute Gasteiger partial charge is 0.317 e. The predicted molar refractivity (Wildman–Crippen MR) is 76.5 cm³/mol. The van der Waals surface area contributed by atoms with Crippen molar-refractivity contribution in [2.45, 2.75) is 26.1 Å². The van der Waals surface area contributed by atoms with Crippen molar-refractivity contribution in [3.8, 4) is 0 Å². The summed E-state index contributed by atoms with van der Waals surface area (Å²) in [5.74, 6) is -0.879. The zero-order valence-electron chi connectivity index (χ0n) is 11.9. The van der Waals surface area contributed by atoms with E-state index in [1.54, 1.807) is 4.90 Å². The van der Waals surface area contributed by atoms with Gasteiger partial charge in [0.05, 0.1) is 25.9 Å². The van der Waals surface area contributed by atoms with Crippen LogP contribution in [0.2, 0.25) is 0 Å². The average Bonchev–Trinajstić information content (AvgIpc) is 2.39. The van der Waals surface area contributed by atoms with Crippen molar-refractivity contribution in [1.29, 1.82) is 0 Å². The van der Waals surface area contributed by atoms with Crippen LogP contribution in [0.1, 0.15) is 18.9 Å². The fourth-order valence-corrected chi connectivity index (χ4v) is 1.98. The van der Waals surface area contributed by atoms with Crippen LogP contribution >= 0.6 is 0 Å². The van der Waals surface area contributed by atoms with Gasteiger partial charge < -0.3 is 14.9 Å². The van der Waals surface area contributed by atoms with E-state index in [0.29, 0.717) is 19.7 Å². The number of aliphatic hydroxyl groups is 1. The van der Waals surface area contributed by atoms with Crippen LogP contribution in [0, 0.1) is 0 Å². The SMILES string of the molecule is CCCN(CC(=O)O)CC(O)COCc1ccccc1. The van der Waals surface area contributed by atoms with Gasteiger partial charge in [-0.25, -0.2) is 0 Å². The molecule has 1 unspecified atom stereocenters. The number of hydrogen-bond donors (Lipinski definition) is 2. The lowest BCUT2D eigenvalue weighted by atomic mass is 10.2. The van der Waals surface area contributed by atoms with E-state index in [-0.39, 0.29) is 13.2 Å². The molecule has 0 radical (unpaired) electrons. The van der Waals surface area contributed by atoms with Crippen LogP contribution in [0.5, 0.6) is 0 Å². The van der Waals surface area contributed by atoms with Gasteiger partial charge in [0.1, 0.15) is 0 Å². The lowest BCUT2D eigenvalue weighted by molar-refractivity contribution is -0.138. The molecule has 112 valence electrons. The van der Waals surface area contributed by atoms with Gasteiger partial charge in [-0.2, -0.15) is 0 Å². The molecule has 5 nitrogen and oxygen atoms in total. The first-order valence-electron chi connectivity index (χ1n) is 6.85. The van der Waals surface area contributed by atoms with Gasteiger partial charge in [0.25, 0.3) is 0 Å². The van der Waals surface area contributed by atoms with Crippen LogP contribution in [0.25, 0.3) is 0 Å². The number of nitrogens with zero attached hydrogens (tertiary/aromatic N) is 1. The molecule has 0 aliphatic carbocycles. The van der Waals surface area contributed by atoms with Crippen LogP contribution < -0.4 is 0 Å². The second-order valence-corrected chi connectivity index (χ2v) is 4.78. The lowest BCUT2D eigenvalue weighted by Gasteiger charge is -2.22. The monoisotopic (exact) mass is 281 g/mol. The van der Waals surface area contributed by atoms with Gasteiger partial charge in [-0.3, -0.25) is 9.69 Å². The molecule has 1 atom stereocenters. The van der Waals surface area contributed by atoms with E-state index >= 15 is 0 Å². The molecule has 5 heteroatoms. The van der Waals surface area contributed by atoms with Gasteiger partial charge >= 0.3 is 5.97 Å².